The predicted molar refractivity (Wildman–Crippen MR) is 111 cm³/mol. The summed E-state index contributed by atoms with van der Waals surface area (Å²) in [4.78, 5) is 26.6. The minimum atomic E-state index is -0.549. The van der Waals surface area contributed by atoms with Gasteiger partial charge in [0.15, 0.2) is 6.10 Å². The smallest absolute Gasteiger partial charge is 0.319 e. The first-order chi connectivity index (χ1) is 14.1. The Bertz CT molecular complexity index is 841. The summed E-state index contributed by atoms with van der Waals surface area (Å²) in [6, 6.07) is 14.8. The van der Waals surface area contributed by atoms with Crippen molar-refractivity contribution in [2.75, 3.05) is 25.6 Å². The number of nitrogens with zero attached hydrogens (tertiary/aromatic N) is 1. The van der Waals surface area contributed by atoms with Crippen LogP contribution in [-0.4, -0.2) is 43.2 Å². The zero-order chi connectivity index (χ0) is 20.6. The third-order valence-electron chi connectivity index (χ3n) is 4.72. The molecule has 3 rings (SSSR count). The lowest BCUT2D eigenvalue weighted by atomic mass is 10.1. The summed E-state index contributed by atoms with van der Waals surface area (Å²) in [5.41, 5.74) is 2.54. The van der Waals surface area contributed by atoms with Gasteiger partial charge in [0.1, 0.15) is 5.75 Å². The van der Waals surface area contributed by atoms with Crippen molar-refractivity contribution in [2.45, 2.75) is 32.5 Å². The molecule has 0 fully saturated rings. The topological polar surface area (TPSA) is 79.9 Å². The molecule has 0 saturated heterocycles. The van der Waals surface area contributed by atoms with Crippen molar-refractivity contribution in [3.63, 3.8) is 0 Å². The Morgan fingerprint density at radius 1 is 1.24 bits per heavy atom. The fraction of sp³-hybridized carbons (Fsp3) is 0.364. The van der Waals surface area contributed by atoms with Crippen LogP contribution in [0.4, 0.5) is 10.5 Å². The molecule has 7 heteroatoms. The molecule has 1 heterocycles. The van der Waals surface area contributed by atoms with E-state index in [1.807, 2.05) is 36.4 Å². The Balaban J connectivity index is 1.65. The van der Waals surface area contributed by atoms with Crippen molar-refractivity contribution >= 4 is 17.6 Å². The average Bonchev–Trinajstić information content (AvgIpc) is 2.84. The third-order valence-corrected chi connectivity index (χ3v) is 4.72. The van der Waals surface area contributed by atoms with E-state index in [0.29, 0.717) is 37.7 Å². The number of benzene rings is 2. The van der Waals surface area contributed by atoms with Crippen molar-refractivity contribution in [3.05, 3.63) is 59.7 Å². The summed E-state index contributed by atoms with van der Waals surface area (Å²) < 4.78 is 10.9. The van der Waals surface area contributed by atoms with Crippen LogP contribution >= 0.6 is 0 Å². The van der Waals surface area contributed by atoms with Gasteiger partial charge in [0.2, 0.25) is 0 Å². The van der Waals surface area contributed by atoms with E-state index in [0.717, 1.165) is 17.5 Å². The van der Waals surface area contributed by atoms with E-state index in [4.69, 9.17) is 9.47 Å². The fourth-order valence-electron chi connectivity index (χ4n) is 3.22. The van der Waals surface area contributed by atoms with E-state index in [-0.39, 0.29) is 11.9 Å². The number of carbonyl (C=O) groups excluding carboxylic acids is 2. The number of hydrogen-bond donors (Lipinski definition) is 2. The van der Waals surface area contributed by atoms with E-state index in [1.54, 1.807) is 31.1 Å². The summed E-state index contributed by atoms with van der Waals surface area (Å²) in [5, 5.41) is 5.68. The zero-order valence-electron chi connectivity index (χ0n) is 16.8. The van der Waals surface area contributed by atoms with Crippen molar-refractivity contribution < 1.29 is 19.1 Å². The molecule has 1 aliphatic rings. The molecule has 154 valence electrons. The SMILES string of the molecule is COCCCN1Cc2cc(NC(=O)NCc3ccccc3)ccc2O[C@@H](C)C1=O. The second kappa shape index (κ2) is 9.93. The minimum Gasteiger partial charge on any atom is -0.481 e. The maximum Gasteiger partial charge on any atom is 0.319 e. The van der Waals surface area contributed by atoms with Crippen LogP contribution in [0.15, 0.2) is 48.5 Å². The molecule has 0 aromatic heterocycles. The monoisotopic (exact) mass is 397 g/mol. The number of methoxy groups -OCH3 is 1. The second-order valence-electron chi connectivity index (χ2n) is 6.98. The number of hydrogen-bond acceptors (Lipinski definition) is 4. The molecular formula is C22H27N3O4. The number of amides is 3. The average molecular weight is 397 g/mol. The van der Waals surface area contributed by atoms with Crippen molar-refractivity contribution in [1.82, 2.24) is 10.2 Å². The third kappa shape index (κ3) is 5.71. The Kier molecular flexibility index (Phi) is 7.08. The molecule has 2 aromatic rings. The van der Waals surface area contributed by atoms with E-state index in [2.05, 4.69) is 10.6 Å². The summed E-state index contributed by atoms with van der Waals surface area (Å²) >= 11 is 0. The molecular weight excluding hydrogens is 370 g/mol. The number of carbonyl (C=O) groups is 2. The molecule has 2 aromatic carbocycles. The molecule has 1 aliphatic heterocycles. The predicted octanol–water partition coefficient (Wildman–Crippen LogP) is 3.15. The number of nitrogens with one attached hydrogen (secondary N) is 2. The fourth-order valence-corrected chi connectivity index (χ4v) is 3.22. The van der Waals surface area contributed by atoms with E-state index in [1.165, 1.54) is 0 Å². The molecule has 0 saturated carbocycles. The van der Waals surface area contributed by atoms with Gasteiger partial charge in [-0.3, -0.25) is 4.79 Å². The highest BCUT2D eigenvalue weighted by Gasteiger charge is 2.27. The molecule has 0 spiro atoms. The molecule has 29 heavy (non-hydrogen) atoms. The van der Waals surface area contributed by atoms with Gasteiger partial charge in [-0.25, -0.2) is 4.79 Å². The highest BCUT2D eigenvalue weighted by atomic mass is 16.5. The Morgan fingerprint density at radius 3 is 2.79 bits per heavy atom. The molecule has 2 N–H and O–H groups in total. The molecule has 0 radical (unpaired) electrons. The lowest BCUT2D eigenvalue weighted by Crippen LogP contribution is -2.38. The Morgan fingerprint density at radius 2 is 2.03 bits per heavy atom. The normalized spacial score (nSPS) is 15.9. The van der Waals surface area contributed by atoms with Crippen LogP contribution in [0.5, 0.6) is 5.75 Å². The Hall–Kier alpha value is -3.06. The van der Waals surface area contributed by atoms with Gasteiger partial charge in [0.05, 0.1) is 0 Å². The van der Waals surface area contributed by atoms with Crippen LogP contribution in [-0.2, 0) is 22.6 Å². The zero-order valence-corrected chi connectivity index (χ0v) is 16.8. The number of ether oxygens (including phenoxy) is 2. The Labute approximate surface area is 171 Å². The molecule has 7 nitrogen and oxygen atoms in total. The molecule has 3 amide bonds. The quantitative estimate of drug-likeness (QED) is 0.704. The van der Waals surface area contributed by atoms with Crippen molar-refractivity contribution in [1.29, 1.82) is 0 Å². The highest BCUT2D eigenvalue weighted by Crippen LogP contribution is 2.28. The summed E-state index contributed by atoms with van der Waals surface area (Å²) in [7, 11) is 1.64. The van der Waals surface area contributed by atoms with Gasteiger partial charge in [0, 0.05) is 44.6 Å². The van der Waals surface area contributed by atoms with Gasteiger partial charge in [-0.05, 0) is 37.1 Å². The summed E-state index contributed by atoms with van der Waals surface area (Å²) in [6.07, 6.45) is 0.205. The molecule has 0 aliphatic carbocycles. The minimum absolute atomic E-state index is 0.0487. The van der Waals surface area contributed by atoms with E-state index < -0.39 is 6.10 Å². The van der Waals surface area contributed by atoms with Gasteiger partial charge in [-0.2, -0.15) is 0 Å². The largest absolute Gasteiger partial charge is 0.481 e. The standard InChI is InChI=1S/C22H27N3O4/c1-16-21(26)25(11-6-12-28-2)15-18-13-19(9-10-20(18)29-16)24-22(27)23-14-17-7-4-3-5-8-17/h3-5,7-10,13,16H,6,11-12,14-15H2,1-2H3,(H2,23,24,27)/t16-/m0/s1. The number of rotatable bonds is 7. The number of urea groups is 1. The first-order valence-electron chi connectivity index (χ1n) is 9.73. The van der Waals surface area contributed by atoms with Crippen molar-refractivity contribution in [3.8, 4) is 5.75 Å². The van der Waals surface area contributed by atoms with Crippen LogP contribution in [0.25, 0.3) is 0 Å². The maximum atomic E-state index is 12.6. The number of fused-ring (bicyclic) bond motifs is 1. The molecule has 1 atom stereocenters. The first-order valence-corrected chi connectivity index (χ1v) is 9.73. The van der Waals surface area contributed by atoms with Crippen LogP contribution in [0.1, 0.15) is 24.5 Å². The van der Waals surface area contributed by atoms with Gasteiger partial charge >= 0.3 is 6.03 Å². The van der Waals surface area contributed by atoms with Gasteiger partial charge in [0.25, 0.3) is 5.91 Å². The molecule has 0 bridgehead atoms. The highest BCUT2D eigenvalue weighted by molar-refractivity contribution is 5.89. The van der Waals surface area contributed by atoms with Crippen LogP contribution in [0.3, 0.4) is 0 Å². The van der Waals surface area contributed by atoms with E-state index >= 15 is 0 Å². The summed E-state index contributed by atoms with van der Waals surface area (Å²) in [6.45, 7) is 3.82. The molecule has 0 unspecified atom stereocenters. The van der Waals surface area contributed by atoms with Crippen LogP contribution < -0.4 is 15.4 Å². The number of anilines is 1. The first kappa shape index (κ1) is 20.7. The van der Waals surface area contributed by atoms with Crippen LogP contribution in [0, 0.1) is 0 Å². The van der Waals surface area contributed by atoms with Gasteiger partial charge in [-0.15, -0.1) is 0 Å². The lowest BCUT2D eigenvalue weighted by Gasteiger charge is -2.22. The van der Waals surface area contributed by atoms with Crippen LogP contribution in [0.2, 0.25) is 0 Å². The van der Waals surface area contributed by atoms with Gasteiger partial charge in [-0.1, -0.05) is 30.3 Å². The summed E-state index contributed by atoms with van der Waals surface area (Å²) in [5.74, 6) is 0.614. The lowest BCUT2D eigenvalue weighted by molar-refractivity contribution is -0.137. The van der Waals surface area contributed by atoms with Crippen molar-refractivity contribution in [2.24, 2.45) is 0 Å². The maximum absolute atomic E-state index is 12.6. The van der Waals surface area contributed by atoms with E-state index in [9.17, 15) is 9.59 Å². The second-order valence-corrected chi connectivity index (χ2v) is 6.98. The van der Waals surface area contributed by atoms with Gasteiger partial charge < -0.3 is 25.0 Å².